The second-order valence-corrected chi connectivity index (χ2v) is 7.38. The van der Waals surface area contributed by atoms with Crippen molar-refractivity contribution in [1.82, 2.24) is 5.32 Å². The lowest BCUT2D eigenvalue weighted by molar-refractivity contribution is -0.384. The van der Waals surface area contributed by atoms with E-state index in [0.717, 1.165) is 5.56 Å². The molecule has 0 aliphatic heterocycles. The lowest BCUT2D eigenvalue weighted by atomic mass is 10.2. The van der Waals surface area contributed by atoms with Crippen LogP contribution in [0, 0.1) is 10.1 Å². The van der Waals surface area contributed by atoms with Crippen LogP contribution in [0.4, 0.5) is 11.4 Å². The van der Waals surface area contributed by atoms with E-state index in [1.165, 1.54) is 12.1 Å². The fourth-order valence-corrected chi connectivity index (χ4v) is 3.39. The van der Waals surface area contributed by atoms with Crippen LogP contribution in [0.3, 0.4) is 0 Å². The number of hydrogen-bond donors (Lipinski definition) is 3. The first-order valence-electron chi connectivity index (χ1n) is 9.06. The number of halogens is 3. The molecule has 9 nitrogen and oxygen atoms in total. The number of nitro benzene ring substituents is 1. The number of carbonyl (C=O) groups excluding carboxylic acids is 1. The number of non-ortho nitro benzene ring substituents is 1. The normalized spacial score (nSPS) is 10.2. The van der Waals surface area contributed by atoms with E-state index in [0.29, 0.717) is 52.9 Å². The predicted octanol–water partition coefficient (Wildman–Crippen LogP) is 3.90. The van der Waals surface area contributed by atoms with Crippen LogP contribution < -0.4 is 25.8 Å². The van der Waals surface area contributed by atoms with Crippen molar-refractivity contribution in [2.45, 2.75) is 13.5 Å². The van der Waals surface area contributed by atoms with E-state index in [4.69, 9.17) is 26.8 Å². The topological polar surface area (TPSA) is 129 Å². The maximum absolute atomic E-state index is 11.0. The molecule has 0 saturated heterocycles. The van der Waals surface area contributed by atoms with Gasteiger partial charge >= 0.3 is 0 Å². The van der Waals surface area contributed by atoms with Crippen LogP contribution in [0.2, 0.25) is 5.02 Å². The molecule has 0 heterocycles. The van der Waals surface area contributed by atoms with Crippen LogP contribution in [0.5, 0.6) is 11.5 Å². The standard InChI is InChI=1S/C19H22BrClN4O5.ClH/c1-2-29-17-8-12(7-14(20)19(17)30-11-18(22)26)10-23-5-6-24-16-4-3-13(25(27)28)9-15(16)21;/h3-4,7-9,23-24H,2,5-6,10-11H2,1H3,(H2,22,26);1H. The minimum atomic E-state index is -0.573. The Labute approximate surface area is 199 Å². The van der Waals surface area contributed by atoms with E-state index in [1.807, 2.05) is 19.1 Å². The van der Waals surface area contributed by atoms with Crippen molar-refractivity contribution in [2.24, 2.45) is 5.73 Å². The van der Waals surface area contributed by atoms with Crippen molar-refractivity contribution in [2.75, 3.05) is 31.6 Å². The minimum absolute atomic E-state index is 0. The van der Waals surface area contributed by atoms with Gasteiger partial charge in [-0.3, -0.25) is 14.9 Å². The van der Waals surface area contributed by atoms with Gasteiger partial charge in [0.25, 0.3) is 11.6 Å². The molecule has 31 heavy (non-hydrogen) atoms. The summed E-state index contributed by atoms with van der Waals surface area (Å²) in [5.41, 5.74) is 6.66. The third kappa shape index (κ3) is 8.41. The molecular weight excluding hydrogens is 515 g/mol. The van der Waals surface area contributed by atoms with E-state index >= 15 is 0 Å². The highest BCUT2D eigenvalue weighted by atomic mass is 79.9. The van der Waals surface area contributed by atoms with E-state index in [2.05, 4.69) is 26.6 Å². The summed E-state index contributed by atoms with van der Waals surface area (Å²) in [4.78, 5) is 21.2. The monoisotopic (exact) mass is 536 g/mol. The number of benzene rings is 2. The van der Waals surface area contributed by atoms with Crippen LogP contribution in [-0.2, 0) is 11.3 Å². The SMILES string of the molecule is CCOc1cc(CNCCNc2ccc([N+](=O)[O-])cc2Cl)cc(Br)c1OCC(N)=O.Cl. The Balaban J connectivity index is 0.00000480. The molecule has 0 bridgehead atoms. The Morgan fingerprint density at radius 3 is 2.61 bits per heavy atom. The number of nitrogens with one attached hydrogen (secondary N) is 2. The summed E-state index contributed by atoms with van der Waals surface area (Å²) in [5.74, 6) is 0.366. The van der Waals surface area contributed by atoms with E-state index < -0.39 is 10.8 Å². The average Bonchev–Trinajstić information content (AvgIpc) is 2.68. The van der Waals surface area contributed by atoms with Gasteiger partial charge in [0.2, 0.25) is 0 Å². The number of primary amides is 1. The molecule has 0 radical (unpaired) electrons. The number of nitro groups is 1. The molecular formula is C19H23BrCl2N4O5. The smallest absolute Gasteiger partial charge is 0.271 e. The largest absolute Gasteiger partial charge is 0.490 e. The lowest BCUT2D eigenvalue weighted by Crippen LogP contribution is -2.22. The molecule has 2 aromatic carbocycles. The van der Waals surface area contributed by atoms with E-state index in [1.54, 1.807) is 6.07 Å². The van der Waals surface area contributed by atoms with Gasteiger partial charge in [-0.25, -0.2) is 0 Å². The quantitative estimate of drug-likeness (QED) is 0.213. The highest BCUT2D eigenvalue weighted by molar-refractivity contribution is 9.10. The second-order valence-electron chi connectivity index (χ2n) is 6.12. The fraction of sp³-hybridized carbons (Fsp3) is 0.316. The first kappa shape index (κ1) is 26.8. The number of ether oxygens (including phenoxy) is 2. The molecule has 0 aliphatic rings. The van der Waals surface area contributed by atoms with Gasteiger partial charge in [-0.05, 0) is 46.6 Å². The molecule has 0 atom stereocenters. The van der Waals surface area contributed by atoms with Crippen LogP contribution >= 0.6 is 39.9 Å². The molecule has 0 fully saturated rings. The summed E-state index contributed by atoms with van der Waals surface area (Å²) >= 11 is 9.49. The van der Waals surface area contributed by atoms with Crippen LogP contribution in [0.25, 0.3) is 0 Å². The van der Waals surface area contributed by atoms with Crippen molar-refractivity contribution in [1.29, 1.82) is 0 Å². The molecule has 170 valence electrons. The third-order valence-corrected chi connectivity index (χ3v) is 4.74. The maximum Gasteiger partial charge on any atom is 0.271 e. The van der Waals surface area contributed by atoms with Crippen molar-refractivity contribution < 1.29 is 19.2 Å². The summed E-state index contributed by atoms with van der Waals surface area (Å²) in [5, 5.41) is 17.5. The molecule has 0 aromatic heterocycles. The van der Waals surface area contributed by atoms with Crippen molar-refractivity contribution in [3.63, 3.8) is 0 Å². The summed E-state index contributed by atoms with van der Waals surface area (Å²) in [6, 6.07) is 7.99. The number of amides is 1. The van der Waals surface area contributed by atoms with Gasteiger partial charge in [-0.2, -0.15) is 0 Å². The second kappa shape index (κ2) is 13.2. The first-order chi connectivity index (χ1) is 14.3. The number of hydrogen-bond acceptors (Lipinski definition) is 7. The molecule has 4 N–H and O–H groups in total. The Bertz CT molecular complexity index is 917. The van der Waals surface area contributed by atoms with Gasteiger partial charge in [0.05, 0.1) is 26.7 Å². The van der Waals surface area contributed by atoms with Crippen LogP contribution in [0.15, 0.2) is 34.8 Å². The van der Waals surface area contributed by atoms with Gasteiger partial charge in [-0.1, -0.05) is 11.6 Å². The van der Waals surface area contributed by atoms with Gasteiger partial charge in [0.15, 0.2) is 18.1 Å². The average molecular weight is 538 g/mol. The number of rotatable bonds is 12. The minimum Gasteiger partial charge on any atom is -0.490 e. The zero-order valence-corrected chi connectivity index (χ0v) is 19.8. The van der Waals surface area contributed by atoms with Crippen molar-refractivity contribution in [3.05, 3.63) is 55.5 Å². The number of carbonyl (C=O) groups is 1. The molecule has 1 amide bonds. The summed E-state index contributed by atoms with van der Waals surface area (Å²) in [6.07, 6.45) is 0. The van der Waals surface area contributed by atoms with Gasteiger partial charge < -0.3 is 25.8 Å². The Morgan fingerprint density at radius 1 is 1.26 bits per heavy atom. The Hall–Kier alpha value is -2.27. The zero-order valence-electron chi connectivity index (χ0n) is 16.7. The van der Waals surface area contributed by atoms with Crippen LogP contribution in [0.1, 0.15) is 12.5 Å². The molecule has 0 saturated carbocycles. The maximum atomic E-state index is 11.0. The van der Waals surface area contributed by atoms with E-state index in [-0.39, 0.29) is 24.7 Å². The molecule has 0 aliphatic carbocycles. The molecule has 2 rings (SSSR count). The number of nitrogens with zero attached hydrogens (tertiary/aromatic N) is 1. The van der Waals surface area contributed by atoms with Crippen LogP contribution in [-0.4, -0.2) is 37.1 Å². The Morgan fingerprint density at radius 2 is 2.00 bits per heavy atom. The van der Waals surface area contributed by atoms with E-state index in [9.17, 15) is 14.9 Å². The molecule has 0 spiro atoms. The highest BCUT2D eigenvalue weighted by Crippen LogP contribution is 2.37. The number of nitrogens with two attached hydrogens (primary N) is 1. The molecule has 12 heteroatoms. The molecule has 0 unspecified atom stereocenters. The Kier molecular flexibility index (Phi) is 11.4. The van der Waals surface area contributed by atoms with Gasteiger partial charge in [0, 0.05) is 31.8 Å². The van der Waals surface area contributed by atoms with Crippen molar-refractivity contribution >= 4 is 57.2 Å². The highest BCUT2D eigenvalue weighted by Gasteiger charge is 2.13. The fourth-order valence-electron chi connectivity index (χ4n) is 2.55. The third-order valence-electron chi connectivity index (χ3n) is 3.84. The number of anilines is 1. The first-order valence-corrected chi connectivity index (χ1v) is 10.2. The summed E-state index contributed by atoms with van der Waals surface area (Å²) < 4.78 is 11.7. The summed E-state index contributed by atoms with van der Waals surface area (Å²) in [6.45, 7) is 3.80. The van der Waals surface area contributed by atoms with Crippen molar-refractivity contribution in [3.8, 4) is 11.5 Å². The predicted molar refractivity (Wildman–Crippen MR) is 126 cm³/mol. The van der Waals surface area contributed by atoms with Gasteiger partial charge in [0.1, 0.15) is 0 Å². The van der Waals surface area contributed by atoms with Gasteiger partial charge in [-0.15, -0.1) is 12.4 Å². The molecule has 2 aromatic rings. The summed E-state index contributed by atoms with van der Waals surface area (Å²) in [7, 11) is 0. The lowest BCUT2D eigenvalue weighted by Gasteiger charge is -2.15. The zero-order chi connectivity index (χ0) is 22.1.